The van der Waals surface area contributed by atoms with Crippen LogP contribution < -0.4 is 10.6 Å². The highest BCUT2D eigenvalue weighted by Gasteiger charge is 2.36. The third-order valence-electron chi connectivity index (χ3n) is 3.94. The molecule has 3 N–H and O–H groups in total. The van der Waals surface area contributed by atoms with E-state index in [1.54, 1.807) is 6.92 Å². The molecule has 0 saturated heterocycles. The first kappa shape index (κ1) is 16.0. The van der Waals surface area contributed by atoms with E-state index >= 15 is 0 Å². The van der Waals surface area contributed by atoms with Gasteiger partial charge in [0.2, 0.25) is 11.8 Å². The van der Waals surface area contributed by atoms with Crippen molar-refractivity contribution in [3.8, 4) is 0 Å². The first-order valence-electron chi connectivity index (χ1n) is 6.91. The Kier molecular flexibility index (Phi) is 4.96. The molecule has 2 amide bonds. The minimum atomic E-state index is -0.804. The van der Waals surface area contributed by atoms with Crippen LogP contribution in [0.1, 0.15) is 53.4 Å². The molecule has 1 unspecified atom stereocenters. The van der Waals surface area contributed by atoms with E-state index in [9.17, 15) is 14.7 Å². The molecule has 0 aromatic rings. The topological polar surface area (TPSA) is 78.4 Å². The SMILES string of the molecule is CC(=O)NC(C)C(=O)NCC1(O)CCC(C)(C)CC1. The molecule has 5 heteroatoms. The van der Waals surface area contributed by atoms with E-state index in [2.05, 4.69) is 24.5 Å². The van der Waals surface area contributed by atoms with E-state index in [1.165, 1.54) is 6.92 Å². The van der Waals surface area contributed by atoms with Crippen molar-refractivity contribution in [3.63, 3.8) is 0 Å². The van der Waals surface area contributed by atoms with Crippen LogP contribution in [-0.4, -0.2) is 35.1 Å². The monoisotopic (exact) mass is 270 g/mol. The smallest absolute Gasteiger partial charge is 0.242 e. The van der Waals surface area contributed by atoms with E-state index in [-0.39, 0.29) is 23.8 Å². The van der Waals surface area contributed by atoms with Crippen molar-refractivity contribution in [1.29, 1.82) is 0 Å². The van der Waals surface area contributed by atoms with Crippen molar-refractivity contribution in [2.45, 2.75) is 65.0 Å². The second-order valence-electron chi connectivity index (χ2n) is 6.53. The molecule has 0 radical (unpaired) electrons. The Morgan fingerprint density at radius 3 is 2.21 bits per heavy atom. The lowest BCUT2D eigenvalue weighted by Crippen LogP contribution is -2.51. The number of rotatable bonds is 4. The lowest BCUT2D eigenvalue weighted by Gasteiger charge is -2.40. The highest BCUT2D eigenvalue weighted by Crippen LogP contribution is 2.39. The van der Waals surface area contributed by atoms with Gasteiger partial charge in [0.1, 0.15) is 6.04 Å². The molecule has 0 aliphatic heterocycles. The van der Waals surface area contributed by atoms with Gasteiger partial charge in [-0.3, -0.25) is 9.59 Å². The van der Waals surface area contributed by atoms with Crippen molar-refractivity contribution in [2.75, 3.05) is 6.54 Å². The van der Waals surface area contributed by atoms with Crippen molar-refractivity contribution >= 4 is 11.8 Å². The molecule has 1 aliphatic carbocycles. The highest BCUT2D eigenvalue weighted by atomic mass is 16.3. The summed E-state index contributed by atoms with van der Waals surface area (Å²) < 4.78 is 0. The second-order valence-corrected chi connectivity index (χ2v) is 6.53. The molecule has 0 bridgehead atoms. The maximum Gasteiger partial charge on any atom is 0.242 e. The van der Waals surface area contributed by atoms with Gasteiger partial charge in [-0.05, 0) is 38.0 Å². The van der Waals surface area contributed by atoms with E-state index < -0.39 is 11.6 Å². The molecular weight excluding hydrogens is 244 g/mol. The molecule has 1 fully saturated rings. The zero-order valence-corrected chi connectivity index (χ0v) is 12.4. The molecule has 110 valence electrons. The van der Waals surface area contributed by atoms with Gasteiger partial charge in [0.15, 0.2) is 0 Å². The van der Waals surface area contributed by atoms with Gasteiger partial charge < -0.3 is 15.7 Å². The number of hydrogen-bond donors (Lipinski definition) is 3. The average molecular weight is 270 g/mol. The summed E-state index contributed by atoms with van der Waals surface area (Å²) in [5.41, 5.74) is -0.527. The summed E-state index contributed by atoms with van der Waals surface area (Å²) >= 11 is 0. The van der Waals surface area contributed by atoms with Crippen molar-refractivity contribution in [2.24, 2.45) is 5.41 Å². The Hall–Kier alpha value is -1.10. The number of hydrogen-bond acceptors (Lipinski definition) is 3. The minimum absolute atomic E-state index is 0.235. The van der Waals surface area contributed by atoms with Crippen molar-refractivity contribution in [1.82, 2.24) is 10.6 Å². The normalized spacial score (nSPS) is 22.4. The number of nitrogens with one attached hydrogen (secondary N) is 2. The summed E-state index contributed by atoms with van der Waals surface area (Å²) in [6.45, 7) is 7.66. The van der Waals surface area contributed by atoms with Gasteiger partial charge in [-0.2, -0.15) is 0 Å². The molecule has 5 nitrogen and oxygen atoms in total. The quantitative estimate of drug-likeness (QED) is 0.712. The van der Waals surface area contributed by atoms with E-state index in [0.29, 0.717) is 12.8 Å². The number of aliphatic hydroxyl groups is 1. The molecule has 0 aromatic heterocycles. The lowest BCUT2D eigenvalue weighted by atomic mass is 9.71. The van der Waals surface area contributed by atoms with Gasteiger partial charge in [-0.1, -0.05) is 13.8 Å². The van der Waals surface area contributed by atoms with Crippen LogP contribution >= 0.6 is 0 Å². The maximum atomic E-state index is 11.8. The van der Waals surface area contributed by atoms with Crippen LogP contribution in [0.3, 0.4) is 0 Å². The summed E-state index contributed by atoms with van der Waals surface area (Å²) in [7, 11) is 0. The van der Waals surface area contributed by atoms with E-state index in [0.717, 1.165) is 12.8 Å². The minimum Gasteiger partial charge on any atom is -0.388 e. The third kappa shape index (κ3) is 5.19. The van der Waals surface area contributed by atoms with Gasteiger partial charge in [-0.25, -0.2) is 0 Å². The zero-order chi connectivity index (χ0) is 14.7. The molecule has 0 heterocycles. The van der Waals surface area contributed by atoms with Crippen molar-refractivity contribution in [3.05, 3.63) is 0 Å². The zero-order valence-electron chi connectivity index (χ0n) is 12.4. The lowest BCUT2D eigenvalue weighted by molar-refractivity contribution is -0.128. The second kappa shape index (κ2) is 5.90. The van der Waals surface area contributed by atoms with Gasteiger partial charge in [0.05, 0.1) is 5.60 Å². The third-order valence-corrected chi connectivity index (χ3v) is 3.94. The summed E-state index contributed by atoms with van der Waals surface area (Å²) in [6.07, 6.45) is 3.32. The summed E-state index contributed by atoms with van der Waals surface area (Å²) in [6, 6.07) is -0.568. The largest absolute Gasteiger partial charge is 0.388 e. The van der Waals surface area contributed by atoms with Crippen LogP contribution in [0.5, 0.6) is 0 Å². The standard InChI is InChI=1S/C14H26N2O3/c1-10(16-11(2)17)12(18)15-9-14(19)7-5-13(3,4)6-8-14/h10,19H,5-9H2,1-4H3,(H,15,18)(H,16,17). The fraction of sp³-hybridized carbons (Fsp3) is 0.857. The molecule has 1 aliphatic rings. The van der Waals surface area contributed by atoms with E-state index in [4.69, 9.17) is 0 Å². The summed E-state index contributed by atoms with van der Waals surface area (Å²) in [5.74, 6) is -0.491. The molecule has 0 spiro atoms. The van der Waals surface area contributed by atoms with Gasteiger partial charge >= 0.3 is 0 Å². The van der Waals surface area contributed by atoms with Gasteiger partial charge in [0, 0.05) is 13.5 Å². The number of carbonyl (C=O) groups is 2. The van der Waals surface area contributed by atoms with E-state index in [1.807, 2.05) is 0 Å². The summed E-state index contributed by atoms with van der Waals surface area (Å²) in [4.78, 5) is 22.6. The number of carbonyl (C=O) groups excluding carboxylic acids is 2. The highest BCUT2D eigenvalue weighted by molar-refractivity contribution is 5.86. The Labute approximate surface area is 115 Å². The molecule has 1 saturated carbocycles. The first-order chi connectivity index (χ1) is 8.64. The average Bonchev–Trinajstić information content (AvgIpc) is 2.30. The Morgan fingerprint density at radius 1 is 1.21 bits per heavy atom. The van der Waals surface area contributed by atoms with Gasteiger partial charge in [-0.15, -0.1) is 0 Å². The van der Waals surface area contributed by atoms with Crippen LogP contribution in [0, 0.1) is 5.41 Å². The predicted molar refractivity (Wildman–Crippen MR) is 73.5 cm³/mol. The first-order valence-corrected chi connectivity index (χ1v) is 6.91. The van der Waals surface area contributed by atoms with Gasteiger partial charge in [0.25, 0.3) is 0 Å². The molecular formula is C14H26N2O3. The predicted octanol–water partition coefficient (Wildman–Crippen LogP) is 0.958. The maximum absolute atomic E-state index is 11.8. The van der Waals surface area contributed by atoms with Crippen LogP contribution in [0.4, 0.5) is 0 Å². The number of amides is 2. The fourth-order valence-corrected chi connectivity index (χ4v) is 2.34. The van der Waals surface area contributed by atoms with Crippen LogP contribution in [0.25, 0.3) is 0 Å². The molecule has 1 rings (SSSR count). The van der Waals surface area contributed by atoms with Crippen LogP contribution in [-0.2, 0) is 9.59 Å². The molecule has 0 aromatic carbocycles. The van der Waals surface area contributed by atoms with Crippen molar-refractivity contribution < 1.29 is 14.7 Å². The Bertz CT molecular complexity index is 343. The fourth-order valence-electron chi connectivity index (χ4n) is 2.34. The molecule has 1 atom stereocenters. The Morgan fingerprint density at radius 2 is 1.74 bits per heavy atom. The van der Waals surface area contributed by atoms with Crippen LogP contribution in [0.15, 0.2) is 0 Å². The Balaban J connectivity index is 2.40. The van der Waals surface area contributed by atoms with Crippen LogP contribution in [0.2, 0.25) is 0 Å². The summed E-state index contributed by atoms with van der Waals surface area (Å²) in [5, 5.41) is 15.7. The molecule has 19 heavy (non-hydrogen) atoms.